The van der Waals surface area contributed by atoms with Gasteiger partial charge < -0.3 is 19.5 Å². The van der Waals surface area contributed by atoms with Crippen molar-refractivity contribution >= 4 is 11.9 Å². The SMILES string of the molecule is COc1ccc(OC)c(C(C)NC(=O)COC(=O)c2ccc(C#N)cc2)c1. The van der Waals surface area contributed by atoms with E-state index < -0.39 is 18.5 Å². The Morgan fingerprint density at radius 1 is 1.11 bits per heavy atom. The predicted octanol–water partition coefficient (Wildman–Crippen LogP) is 2.61. The molecule has 2 rings (SSSR count). The van der Waals surface area contributed by atoms with Gasteiger partial charge in [-0.1, -0.05) is 0 Å². The smallest absolute Gasteiger partial charge is 0.338 e. The Balaban J connectivity index is 1.95. The Bertz CT molecular complexity index is 856. The second-order valence-electron chi connectivity index (χ2n) is 5.66. The van der Waals surface area contributed by atoms with Crippen LogP contribution < -0.4 is 14.8 Å². The van der Waals surface area contributed by atoms with E-state index in [1.54, 1.807) is 39.3 Å². The number of hydrogen-bond donors (Lipinski definition) is 1. The number of amides is 1. The van der Waals surface area contributed by atoms with Gasteiger partial charge in [0.2, 0.25) is 0 Å². The van der Waals surface area contributed by atoms with Gasteiger partial charge in [-0.2, -0.15) is 5.26 Å². The van der Waals surface area contributed by atoms with E-state index in [0.29, 0.717) is 17.1 Å². The zero-order valence-corrected chi connectivity index (χ0v) is 15.3. The Morgan fingerprint density at radius 3 is 2.41 bits per heavy atom. The molecular formula is C20H20N2O5. The third-order valence-electron chi connectivity index (χ3n) is 3.86. The highest BCUT2D eigenvalue weighted by atomic mass is 16.5. The van der Waals surface area contributed by atoms with Crippen molar-refractivity contribution in [3.63, 3.8) is 0 Å². The highest BCUT2D eigenvalue weighted by Crippen LogP contribution is 2.29. The van der Waals surface area contributed by atoms with Gasteiger partial charge in [-0.25, -0.2) is 4.79 Å². The lowest BCUT2D eigenvalue weighted by Gasteiger charge is -2.18. The number of rotatable bonds is 7. The minimum absolute atomic E-state index is 0.268. The van der Waals surface area contributed by atoms with Gasteiger partial charge in [-0.05, 0) is 49.4 Å². The van der Waals surface area contributed by atoms with E-state index in [1.165, 1.54) is 24.3 Å². The number of ether oxygens (including phenoxy) is 3. The van der Waals surface area contributed by atoms with Crippen molar-refractivity contribution in [2.45, 2.75) is 13.0 Å². The van der Waals surface area contributed by atoms with Crippen molar-refractivity contribution in [1.82, 2.24) is 5.32 Å². The van der Waals surface area contributed by atoms with Crippen LogP contribution in [-0.4, -0.2) is 32.7 Å². The van der Waals surface area contributed by atoms with Crippen LogP contribution >= 0.6 is 0 Å². The quantitative estimate of drug-likeness (QED) is 0.755. The van der Waals surface area contributed by atoms with E-state index in [2.05, 4.69) is 5.32 Å². The molecule has 0 saturated heterocycles. The summed E-state index contributed by atoms with van der Waals surface area (Å²) in [5.74, 6) is 0.160. The molecule has 0 bridgehead atoms. The maximum Gasteiger partial charge on any atom is 0.338 e. The Morgan fingerprint density at radius 2 is 1.81 bits per heavy atom. The highest BCUT2D eigenvalue weighted by molar-refractivity contribution is 5.91. The lowest BCUT2D eigenvalue weighted by atomic mass is 10.1. The van der Waals surface area contributed by atoms with E-state index in [1.807, 2.05) is 6.07 Å². The van der Waals surface area contributed by atoms with Crippen LogP contribution in [0, 0.1) is 11.3 Å². The molecule has 0 aliphatic rings. The number of nitriles is 1. The van der Waals surface area contributed by atoms with Gasteiger partial charge in [0.15, 0.2) is 6.61 Å². The predicted molar refractivity (Wildman–Crippen MR) is 97.5 cm³/mol. The van der Waals surface area contributed by atoms with Crippen LogP contribution in [0.3, 0.4) is 0 Å². The molecule has 2 aromatic rings. The number of esters is 1. The number of methoxy groups -OCH3 is 2. The fourth-order valence-corrected chi connectivity index (χ4v) is 2.43. The van der Waals surface area contributed by atoms with Gasteiger partial charge in [-0.15, -0.1) is 0 Å². The molecule has 140 valence electrons. The molecule has 0 radical (unpaired) electrons. The van der Waals surface area contributed by atoms with Crippen LogP contribution in [-0.2, 0) is 9.53 Å². The second kappa shape index (κ2) is 9.25. The molecule has 1 unspecified atom stereocenters. The van der Waals surface area contributed by atoms with Gasteiger partial charge in [0, 0.05) is 5.56 Å². The van der Waals surface area contributed by atoms with Crippen molar-refractivity contribution in [2.75, 3.05) is 20.8 Å². The summed E-state index contributed by atoms with van der Waals surface area (Å²) in [7, 11) is 3.09. The lowest BCUT2D eigenvalue weighted by molar-refractivity contribution is -0.124. The summed E-state index contributed by atoms with van der Waals surface area (Å²) in [5, 5.41) is 11.5. The molecule has 2 aromatic carbocycles. The van der Waals surface area contributed by atoms with Crippen LogP contribution in [0.2, 0.25) is 0 Å². The van der Waals surface area contributed by atoms with Crippen LogP contribution in [0.15, 0.2) is 42.5 Å². The number of nitrogens with one attached hydrogen (secondary N) is 1. The minimum atomic E-state index is -0.638. The molecule has 0 aliphatic carbocycles. The molecule has 0 fully saturated rings. The Hall–Kier alpha value is -3.53. The number of carbonyl (C=O) groups is 2. The van der Waals surface area contributed by atoms with Crippen LogP contribution in [0.1, 0.15) is 34.5 Å². The monoisotopic (exact) mass is 368 g/mol. The number of hydrogen-bond acceptors (Lipinski definition) is 6. The molecule has 0 aliphatic heterocycles. The summed E-state index contributed by atoms with van der Waals surface area (Å²) in [4.78, 5) is 24.1. The highest BCUT2D eigenvalue weighted by Gasteiger charge is 2.17. The number of carbonyl (C=O) groups excluding carboxylic acids is 2. The van der Waals surface area contributed by atoms with Crippen molar-refractivity contribution in [3.8, 4) is 17.6 Å². The van der Waals surface area contributed by atoms with Gasteiger partial charge in [0.05, 0.1) is 37.5 Å². The van der Waals surface area contributed by atoms with Gasteiger partial charge in [0.1, 0.15) is 11.5 Å². The molecule has 27 heavy (non-hydrogen) atoms. The zero-order chi connectivity index (χ0) is 19.8. The Kier molecular flexibility index (Phi) is 6.78. The lowest BCUT2D eigenvalue weighted by Crippen LogP contribution is -2.31. The van der Waals surface area contributed by atoms with Gasteiger partial charge >= 0.3 is 5.97 Å². The van der Waals surface area contributed by atoms with E-state index >= 15 is 0 Å². The van der Waals surface area contributed by atoms with Crippen LogP contribution in [0.4, 0.5) is 0 Å². The molecule has 1 amide bonds. The molecule has 0 spiro atoms. The van der Waals surface area contributed by atoms with E-state index in [0.717, 1.165) is 5.56 Å². The number of nitrogens with zero attached hydrogens (tertiary/aromatic N) is 1. The molecule has 1 atom stereocenters. The van der Waals surface area contributed by atoms with E-state index in [-0.39, 0.29) is 11.6 Å². The maximum atomic E-state index is 12.1. The Labute approximate surface area is 157 Å². The topological polar surface area (TPSA) is 97.7 Å². The largest absolute Gasteiger partial charge is 0.497 e. The summed E-state index contributed by atoms with van der Waals surface area (Å²) in [5.41, 5.74) is 1.44. The zero-order valence-electron chi connectivity index (χ0n) is 15.3. The summed E-state index contributed by atoms with van der Waals surface area (Å²) >= 11 is 0. The molecule has 1 N–H and O–H groups in total. The van der Waals surface area contributed by atoms with Crippen LogP contribution in [0.25, 0.3) is 0 Å². The third kappa shape index (κ3) is 5.22. The standard InChI is InChI=1S/C20H20N2O5/c1-13(17-10-16(25-2)8-9-18(17)26-3)22-19(23)12-27-20(24)15-6-4-14(11-21)5-7-15/h4-10,13H,12H2,1-3H3,(H,22,23). The fraction of sp³-hybridized carbons (Fsp3) is 0.250. The fourth-order valence-electron chi connectivity index (χ4n) is 2.43. The molecule has 7 nitrogen and oxygen atoms in total. The van der Waals surface area contributed by atoms with Gasteiger partial charge in [0.25, 0.3) is 5.91 Å². The normalized spacial score (nSPS) is 11.0. The van der Waals surface area contributed by atoms with Crippen molar-refractivity contribution in [1.29, 1.82) is 5.26 Å². The molecule has 0 heterocycles. The second-order valence-corrected chi connectivity index (χ2v) is 5.66. The average molecular weight is 368 g/mol. The van der Waals surface area contributed by atoms with Crippen LogP contribution in [0.5, 0.6) is 11.5 Å². The average Bonchev–Trinajstić information content (AvgIpc) is 2.71. The summed E-state index contributed by atoms with van der Waals surface area (Å²) in [6.45, 7) is 1.37. The maximum absolute atomic E-state index is 12.1. The molecule has 0 saturated carbocycles. The van der Waals surface area contributed by atoms with Crippen molar-refractivity contribution in [3.05, 3.63) is 59.2 Å². The van der Waals surface area contributed by atoms with E-state index in [4.69, 9.17) is 19.5 Å². The minimum Gasteiger partial charge on any atom is -0.497 e. The summed E-state index contributed by atoms with van der Waals surface area (Å²) in [6, 6.07) is 12.8. The van der Waals surface area contributed by atoms with Crippen molar-refractivity contribution in [2.24, 2.45) is 0 Å². The first-order valence-corrected chi connectivity index (χ1v) is 8.17. The first-order chi connectivity index (χ1) is 13.0. The van der Waals surface area contributed by atoms with Crippen molar-refractivity contribution < 1.29 is 23.8 Å². The molecular weight excluding hydrogens is 348 g/mol. The third-order valence-corrected chi connectivity index (χ3v) is 3.86. The summed E-state index contributed by atoms with van der Waals surface area (Å²) in [6.07, 6.45) is 0. The first-order valence-electron chi connectivity index (χ1n) is 8.17. The van der Waals surface area contributed by atoms with E-state index in [9.17, 15) is 9.59 Å². The molecule has 0 aromatic heterocycles. The summed E-state index contributed by atoms with van der Waals surface area (Å²) < 4.78 is 15.5. The first kappa shape index (κ1) is 19.8. The number of benzene rings is 2. The molecule has 7 heteroatoms. The van der Waals surface area contributed by atoms with Gasteiger partial charge in [-0.3, -0.25) is 4.79 Å².